The lowest BCUT2D eigenvalue weighted by Crippen LogP contribution is -2.42. The smallest absolute Gasteiger partial charge is 0.318 e. The topological polar surface area (TPSA) is 66.9 Å². The molecule has 1 N–H and O–H groups in total. The van der Waals surface area contributed by atoms with Crippen LogP contribution in [0.5, 0.6) is 17.4 Å². The van der Waals surface area contributed by atoms with E-state index >= 15 is 0 Å². The molecule has 3 rings (SSSR count). The van der Waals surface area contributed by atoms with Crippen LogP contribution in [0.15, 0.2) is 66.9 Å². The molecule has 0 fully saturated rings. The Morgan fingerprint density at radius 2 is 1.68 bits per heavy atom. The summed E-state index contributed by atoms with van der Waals surface area (Å²) in [6, 6.07) is 17.0. The van der Waals surface area contributed by atoms with Crippen LogP contribution in [0.2, 0.25) is 0 Å². The summed E-state index contributed by atoms with van der Waals surface area (Å²) >= 11 is 0. The van der Waals surface area contributed by atoms with Gasteiger partial charge in [-0.1, -0.05) is 30.3 Å². The van der Waals surface area contributed by atoms with Gasteiger partial charge in [0.25, 0.3) is 0 Å². The summed E-state index contributed by atoms with van der Waals surface area (Å²) in [6.07, 6.45) is 1.67. The number of pyridine rings is 1. The van der Waals surface area contributed by atoms with E-state index in [0.717, 1.165) is 11.1 Å². The van der Waals surface area contributed by atoms with E-state index in [1.165, 1.54) is 12.1 Å². The normalized spacial score (nSPS) is 10.7. The molecule has 1 aromatic heterocycles. The van der Waals surface area contributed by atoms with Gasteiger partial charge in [-0.25, -0.2) is 14.2 Å². The van der Waals surface area contributed by atoms with Gasteiger partial charge in [-0.3, -0.25) is 0 Å². The Hall–Kier alpha value is -3.65. The Labute approximate surface area is 200 Å². The lowest BCUT2D eigenvalue weighted by molar-refractivity contribution is 0.188. The molecule has 0 atom stereocenters. The van der Waals surface area contributed by atoms with Crippen LogP contribution in [-0.2, 0) is 13.1 Å². The van der Waals surface area contributed by atoms with E-state index in [9.17, 15) is 9.18 Å². The minimum atomic E-state index is -0.297. The number of halogens is 1. The quantitative estimate of drug-likeness (QED) is 0.444. The summed E-state index contributed by atoms with van der Waals surface area (Å²) in [5.74, 6) is 1.39. The van der Waals surface area contributed by atoms with Crippen molar-refractivity contribution in [2.24, 2.45) is 0 Å². The second kappa shape index (κ2) is 12.6. The van der Waals surface area contributed by atoms with E-state index in [1.807, 2.05) is 56.3 Å². The third kappa shape index (κ3) is 7.74. The first-order valence-corrected chi connectivity index (χ1v) is 11.2. The van der Waals surface area contributed by atoms with Gasteiger partial charge in [0.2, 0.25) is 5.88 Å². The highest BCUT2D eigenvalue weighted by atomic mass is 19.1. The average Bonchev–Trinajstić information content (AvgIpc) is 2.83. The van der Waals surface area contributed by atoms with Crippen LogP contribution in [0.1, 0.15) is 18.1 Å². The number of benzene rings is 2. The summed E-state index contributed by atoms with van der Waals surface area (Å²) in [7, 11) is 3.91. The van der Waals surface area contributed by atoms with Crippen molar-refractivity contribution in [2.45, 2.75) is 20.0 Å². The predicted molar refractivity (Wildman–Crippen MR) is 130 cm³/mol. The molecule has 0 aliphatic heterocycles. The number of ether oxygens (including phenoxy) is 2. The number of carbonyl (C=O) groups excluding carboxylic acids is 1. The molecule has 34 heavy (non-hydrogen) atoms. The largest absolute Gasteiger partial charge is 0.490 e. The number of urea groups is 1. The SMILES string of the molecule is CCOc1ccccc1Oc1ccc(CNC(=O)N(CCN(C)C)Cc2ccc(F)cc2)cn1. The van der Waals surface area contributed by atoms with Crippen LogP contribution < -0.4 is 14.8 Å². The molecule has 8 heteroatoms. The average molecular weight is 467 g/mol. The summed E-state index contributed by atoms with van der Waals surface area (Å²) < 4.78 is 24.7. The second-order valence-corrected chi connectivity index (χ2v) is 8.00. The highest BCUT2D eigenvalue weighted by Gasteiger charge is 2.14. The molecule has 0 aliphatic carbocycles. The minimum absolute atomic E-state index is 0.197. The van der Waals surface area contributed by atoms with E-state index in [-0.39, 0.29) is 11.8 Å². The first-order chi connectivity index (χ1) is 16.4. The standard InChI is InChI=1S/C26H31FN4O3/c1-4-33-23-7-5-6-8-24(23)34-25-14-11-21(17-28-25)18-29-26(32)31(16-15-30(2)3)19-20-9-12-22(27)13-10-20/h5-14,17H,4,15-16,18-19H2,1-3H3,(H,29,32). The molecule has 0 spiro atoms. The van der Waals surface area contributed by atoms with Crippen molar-refractivity contribution in [3.63, 3.8) is 0 Å². The monoisotopic (exact) mass is 466 g/mol. The van der Waals surface area contributed by atoms with Gasteiger partial charge < -0.3 is 24.6 Å². The molecule has 1 heterocycles. The number of likely N-dealkylation sites (N-methyl/N-ethyl adjacent to an activating group) is 1. The fourth-order valence-corrected chi connectivity index (χ4v) is 3.17. The van der Waals surface area contributed by atoms with Gasteiger partial charge in [-0.2, -0.15) is 0 Å². The molecule has 2 amide bonds. The van der Waals surface area contributed by atoms with Gasteiger partial charge in [0, 0.05) is 38.4 Å². The Morgan fingerprint density at radius 3 is 2.32 bits per heavy atom. The van der Waals surface area contributed by atoms with E-state index in [2.05, 4.69) is 10.3 Å². The van der Waals surface area contributed by atoms with Gasteiger partial charge in [0.05, 0.1) is 6.61 Å². The maximum Gasteiger partial charge on any atom is 0.318 e. The zero-order chi connectivity index (χ0) is 24.3. The Kier molecular flexibility index (Phi) is 9.22. The summed E-state index contributed by atoms with van der Waals surface area (Å²) in [5, 5.41) is 2.94. The van der Waals surface area contributed by atoms with Crippen LogP contribution >= 0.6 is 0 Å². The Bertz CT molecular complexity index is 1040. The molecule has 7 nitrogen and oxygen atoms in total. The van der Waals surface area contributed by atoms with Crippen LogP contribution in [0.3, 0.4) is 0 Å². The molecule has 3 aromatic rings. The van der Waals surface area contributed by atoms with Gasteiger partial charge >= 0.3 is 6.03 Å². The number of para-hydroxylation sites is 2. The fraction of sp³-hybridized carbons (Fsp3) is 0.308. The van der Waals surface area contributed by atoms with E-state index in [0.29, 0.717) is 50.2 Å². The van der Waals surface area contributed by atoms with Crippen LogP contribution in [-0.4, -0.2) is 54.6 Å². The lowest BCUT2D eigenvalue weighted by Gasteiger charge is -2.25. The molecular formula is C26H31FN4O3. The highest BCUT2D eigenvalue weighted by molar-refractivity contribution is 5.74. The first kappa shape index (κ1) is 25.0. The number of hydrogen-bond acceptors (Lipinski definition) is 5. The van der Waals surface area contributed by atoms with Crippen molar-refractivity contribution in [2.75, 3.05) is 33.8 Å². The minimum Gasteiger partial charge on any atom is -0.490 e. The number of amides is 2. The summed E-state index contributed by atoms with van der Waals surface area (Å²) in [4.78, 5) is 20.9. The zero-order valence-corrected chi connectivity index (χ0v) is 19.8. The first-order valence-electron chi connectivity index (χ1n) is 11.2. The maximum absolute atomic E-state index is 13.2. The lowest BCUT2D eigenvalue weighted by atomic mass is 10.2. The zero-order valence-electron chi connectivity index (χ0n) is 19.8. The van der Waals surface area contributed by atoms with E-state index in [4.69, 9.17) is 9.47 Å². The Morgan fingerprint density at radius 1 is 0.971 bits per heavy atom. The van der Waals surface area contributed by atoms with E-state index < -0.39 is 0 Å². The molecule has 0 bridgehead atoms. The van der Waals surface area contributed by atoms with Crippen molar-refractivity contribution in [3.8, 4) is 17.4 Å². The van der Waals surface area contributed by atoms with Crippen molar-refractivity contribution in [1.29, 1.82) is 0 Å². The van der Waals surface area contributed by atoms with E-state index in [1.54, 1.807) is 29.3 Å². The number of hydrogen-bond donors (Lipinski definition) is 1. The number of rotatable bonds is 11. The number of carbonyl (C=O) groups is 1. The van der Waals surface area contributed by atoms with Crippen LogP contribution in [0.25, 0.3) is 0 Å². The van der Waals surface area contributed by atoms with Crippen molar-refractivity contribution >= 4 is 6.03 Å². The molecule has 0 saturated heterocycles. The summed E-state index contributed by atoms with van der Waals surface area (Å²) in [5.41, 5.74) is 1.71. The third-order valence-electron chi connectivity index (χ3n) is 5.00. The molecule has 0 aliphatic rings. The molecular weight excluding hydrogens is 435 g/mol. The molecule has 2 aromatic carbocycles. The number of aromatic nitrogens is 1. The number of nitrogens with zero attached hydrogens (tertiary/aromatic N) is 3. The van der Waals surface area contributed by atoms with Crippen molar-refractivity contribution < 1.29 is 18.7 Å². The highest BCUT2D eigenvalue weighted by Crippen LogP contribution is 2.30. The number of nitrogens with one attached hydrogen (secondary N) is 1. The summed E-state index contributed by atoms with van der Waals surface area (Å²) in [6.45, 7) is 4.43. The molecule has 0 saturated carbocycles. The predicted octanol–water partition coefficient (Wildman–Crippen LogP) is 4.69. The fourth-order valence-electron chi connectivity index (χ4n) is 3.17. The van der Waals surface area contributed by atoms with Crippen molar-refractivity contribution in [3.05, 3.63) is 83.8 Å². The van der Waals surface area contributed by atoms with Gasteiger partial charge in [-0.05, 0) is 56.4 Å². The van der Waals surface area contributed by atoms with Gasteiger partial charge in [0.1, 0.15) is 5.82 Å². The van der Waals surface area contributed by atoms with Crippen LogP contribution in [0.4, 0.5) is 9.18 Å². The third-order valence-corrected chi connectivity index (χ3v) is 5.00. The molecule has 0 unspecified atom stereocenters. The van der Waals surface area contributed by atoms with Crippen molar-refractivity contribution in [1.82, 2.24) is 20.1 Å². The van der Waals surface area contributed by atoms with Gasteiger partial charge in [0.15, 0.2) is 11.5 Å². The maximum atomic E-state index is 13.2. The van der Waals surface area contributed by atoms with Crippen LogP contribution in [0, 0.1) is 5.82 Å². The van der Waals surface area contributed by atoms with Gasteiger partial charge in [-0.15, -0.1) is 0 Å². The second-order valence-electron chi connectivity index (χ2n) is 8.00. The Balaban J connectivity index is 1.58. The molecule has 0 radical (unpaired) electrons. The molecule has 180 valence electrons.